The van der Waals surface area contributed by atoms with Crippen LogP contribution in [0, 0.1) is 0 Å². The zero-order chi connectivity index (χ0) is 24.9. The van der Waals surface area contributed by atoms with Gasteiger partial charge in [-0.2, -0.15) is 9.41 Å². The first-order chi connectivity index (χ1) is 16.2. The maximum atomic E-state index is 13.4. The second kappa shape index (κ2) is 11.2. The van der Waals surface area contributed by atoms with Crippen LogP contribution in [0.15, 0.2) is 39.6 Å². The van der Waals surface area contributed by atoms with Gasteiger partial charge in [0.15, 0.2) is 5.84 Å². The standard InChI is InChI=1S/C23H36N6O4S/c1-6-8-11-29-21(17(3)24-4)23(30)25-22(26-29)19-16-18(9-10-20(19)33-7-2)34(31,32)28-14-12-27(5)13-15-28/h9-10,16,24H,6-8,11-15H2,1-5H3,(H,25,26,30)/b21-17-. The van der Waals surface area contributed by atoms with E-state index in [1.54, 1.807) is 30.3 Å². The van der Waals surface area contributed by atoms with Crippen LogP contribution in [0.4, 0.5) is 0 Å². The van der Waals surface area contributed by atoms with Crippen molar-refractivity contribution < 1.29 is 17.9 Å². The van der Waals surface area contributed by atoms with E-state index in [1.165, 1.54) is 4.31 Å². The van der Waals surface area contributed by atoms with Crippen LogP contribution in [-0.2, 0) is 14.8 Å². The molecule has 0 saturated carbocycles. The predicted molar refractivity (Wildman–Crippen MR) is 132 cm³/mol. The monoisotopic (exact) mass is 492 g/mol. The first-order valence-electron chi connectivity index (χ1n) is 11.7. The summed E-state index contributed by atoms with van der Waals surface area (Å²) in [4.78, 5) is 15.3. The highest BCUT2D eigenvalue weighted by molar-refractivity contribution is 7.89. The molecule has 10 nitrogen and oxygen atoms in total. The van der Waals surface area contributed by atoms with Crippen LogP contribution in [-0.4, -0.2) is 87.8 Å². The molecule has 2 aliphatic heterocycles. The third-order valence-electron chi connectivity index (χ3n) is 5.99. The van der Waals surface area contributed by atoms with E-state index in [0.717, 1.165) is 12.8 Å². The molecule has 2 aliphatic rings. The lowest BCUT2D eigenvalue weighted by Crippen LogP contribution is -2.47. The third kappa shape index (κ3) is 5.53. The third-order valence-corrected chi connectivity index (χ3v) is 7.88. The Labute approximate surface area is 202 Å². The van der Waals surface area contributed by atoms with Gasteiger partial charge in [0, 0.05) is 45.5 Å². The van der Waals surface area contributed by atoms with Crippen molar-refractivity contribution in [2.24, 2.45) is 5.10 Å². The summed E-state index contributed by atoms with van der Waals surface area (Å²) >= 11 is 0. The van der Waals surface area contributed by atoms with Crippen molar-refractivity contribution in [2.45, 2.75) is 38.5 Å². The number of ether oxygens (including phenoxy) is 1. The van der Waals surface area contributed by atoms with Crippen LogP contribution in [0.5, 0.6) is 5.75 Å². The maximum Gasteiger partial charge on any atom is 0.276 e. The lowest BCUT2D eigenvalue weighted by Gasteiger charge is -2.32. The van der Waals surface area contributed by atoms with Crippen LogP contribution in [0.1, 0.15) is 39.2 Å². The first-order valence-corrected chi connectivity index (χ1v) is 13.2. The molecule has 188 valence electrons. The van der Waals surface area contributed by atoms with Gasteiger partial charge < -0.3 is 20.3 Å². The summed E-state index contributed by atoms with van der Waals surface area (Å²) in [6.45, 7) is 8.92. The van der Waals surface area contributed by atoms with Crippen molar-refractivity contribution in [3.8, 4) is 5.75 Å². The number of amides is 1. The smallest absolute Gasteiger partial charge is 0.276 e. The van der Waals surface area contributed by atoms with Gasteiger partial charge in [0.1, 0.15) is 11.4 Å². The number of rotatable bonds is 9. The van der Waals surface area contributed by atoms with E-state index in [4.69, 9.17) is 9.84 Å². The molecule has 1 amide bonds. The minimum atomic E-state index is -3.70. The quantitative estimate of drug-likeness (QED) is 0.502. The summed E-state index contributed by atoms with van der Waals surface area (Å²) in [7, 11) is 0.0372. The Kier molecular flexibility index (Phi) is 8.56. The summed E-state index contributed by atoms with van der Waals surface area (Å²) in [5.74, 6) is 0.433. The highest BCUT2D eigenvalue weighted by Gasteiger charge is 2.31. The van der Waals surface area contributed by atoms with Gasteiger partial charge in [-0.05, 0) is 45.5 Å². The molecule has 0 unspecified atom stereocenters. The van der Waals surface area contributed by atoms with E-state index >= 15 is 0 Å². The van der Waals surface area contributed by atoms with Crippen LogP contribution < -0.4 is 15.4 Å². The van der Waals surface area contributed by atoms with Crippen molar-refractivity contribution in [3.05, 3.63) is 35.2 Å². The van der Waals surface area contributed by atoms with Crippen LogP contribution in [0.2, 0.25) is 0 Å². The van der Waals surface area contributed by atoms with Crippen LogP contribution in [0.25, 0.3) is 0 Å². The number of unbranched alkanes of at least 4 members (excludes halogenated alkanes) is 1. The van der Waals surface area contributed by atoms with Gasteiger partial charge in [0.05, 0.1) is 17.1 Å². The molecule has 0 spiro atoms. The lowest BCUT2D eigenvalue weighted by atomic mass is 10.1. The number of sulfonamides is 1. The van der Waals surface area contributed by atoms with Gasteiger partial charge in [0.2, 0.25) is 10.0 Å². The average molecular weight is 493 g/mol. The number of hydrogen-bond acceptors (Lipinski definition) is 8. The molecular weight excluding hydrogens is 456 g/mol. The maximum absolute atomic E-state index is 13.4. The Balaban J connectivity index is 2.06. The van der Waals surface area contributed by atoms with Crippen molar-refractivity contribution in [1.29, 1.82) is 0 Å². The number of benzene rings is 1. The Morgan fingerprint density at radius 2 is 1.91 bits per heavy atom. The van der Waals surface area contributed by atoms with Crippen LogP contribution in [0.3, 0.4) is 0 Å². The van der Waals surface area contributed by atoms with Gasteiger partial charge in [0.25, 0.3) is 5.91 Å². The van der Waals surface area contributed by atoms with Gasteiger partial charge >= 0.3 is 0 Å². The summed E-state index contributed by atoms with van der Waals surface area (Å²) in [5.41, 5.74) is 1.58. The van der Waals surface area contributed by atoms with Crippen molar-refractivity contribution in [3.63, 3.8) is 0 Å². The molecule has 1 aromatic rings. The number of nitrogens with zero attached hydrogens (tertiary/aromatic N) is 4. The molecule has 0 atom stereocenters. The van der Waals surface area contributed by atoms with E-state index in [2.05, 4.69) is 22.5 Å². The Morgan fingerprint density at radius 1 is 1.21 bits per heavy atom. The van der Waals surface area contributed by atoms with Gasteiger partial charge in [-0.25, -0.2) is 8.42 Å². The highest BCUT2D eigenvalue weighted by atomic mass is 32.2. The number of amidine groups is 1. The summed E-state index contributed by atoms with van der Waals surface area (Å²) in [6.07, 6.45) is 1.79. The Morgan fingerprint density at radius 3 is 2.53 bits per heavy atom. The van der Waals surface area contributed by atoms with E-state index < -0.39 is 10.0 Å². The fourth-order valence-electron chi connectivity index (χ4n) is 3.87. The molecule has 0 bridgehead atoms. The number of likely N-dealkylation sites (N-methyl/N-ethyl adjacent to an activating group) is 1. The van der Waals surface area contributed by atoms with Gasteiger partial charge in [-0.3, -0.25) is 9.80 Å². The number of piperazine rings is 1. The van der Waals surface area contributed by atoms with E-state index in [1.807, 2.05) is 20.9 Å². The average Bonchev–Trinajstić information content (AvgIpc) is 2.82. The van der Waals surface area contributed by atoms with E-state index in [-0.39, 0.29) is 16.6 Å². The molecule has 34 heavy (non-hydrogen) atoms. The molecule has 1 saturated heterocycles. The second-order valence-electron chi connectivity index (χ2n) is 8.40. The lowest BCUT2D eigenvalue weighted by molar-refractivity contribution is -0.118. The second-order valence-corrected chi connectivity index (χ2v) is 10.3. The van der Waals surface area contributed by atoms with Crippen molar-refractivity contribution in [2.75, 3.05) is 53.4 Å². The zero-order valence-corrected chi connectivity index (χ0v) is 21.5. The minimum absolute atomic E-state index is 0.153. The van der Waals surface area contributed by atoms with Crippen LogP contribution >= 0.6 is 0 Å². The first kappa shape index (κ1) is 26.0. The minimum Gasteiger partial charge on any atom is -0.493 e. The number of carbonyl (C=O) groups excluding carboxylic acids is 1. The number of hydrazone groups is 1. The molecule has 3 rings (SSSR count). The van der Waals surface area contributed by atoms with Gasteiger partial charge in [-0.15, -0.1) is 0 Å². The Bertz CT molecular complexity index is 1060. The normalized spacial score (nSPS) is 19.5. The molecule has 2 N–H and O–H groups in total. The molecule has 0 aromatic heterocycles. The summed E-state index contributed by atoms with van der Waals surface area (Å²) in [6, 6.07) is 4.74. The predicted octanol–water partition coefficient (Wildman–Crippen LogP) is 1.37. The number of hydrogen-bond donors (Lipinski definition) is 2. The van der Waals surface area contributed by atoms with E-state index in [9.17, 15) is 13.2 Å². The highest BCUT2D eigenvalue weighted by Crippen LogP contribution is 2.28. The van der Waals surface area contributed by atoms with Crippen molar-refractivity contribution in [1.82, 2.24) is 24.8 Å². The molecule has 11 heteroatoms. The number of nitrogens with one attached hydrogen (secondary N) is 2. The molecule has 1 fully saturated rings. The molecule has 0 aliphatic carbocycles. The summed E-state index contributed by atoms with van der Waals surface area (Å²) < 4.78 is 34.0. The molecule has 1 aromatic carbocycles. The largest absolute Gasteiger partial charge is 0.493 e. The molecule has 0 radical (unpaired) electrons. The zero-order valence-electron chi connectivity index (χ0n) is 20.7. The fraction of sp³-hybridized carbons (Fsp3) is 0.565. The fourth-order valence-corrected chi connectivity index (χ4v) is 5.32. The van der Waals surface area contributed by atoms with Gasteiger partial charge in [-0.1, -0.05) is 13.3 Å². The SMILES string of the molecule is CCCCN1N=C(c2cc(S(=O)(=O)N3CCN(C)CC3)ccc2OCC)NC(=O)/C1=C(\C)NC. The number of carbonyl (C=O) groups is 1. The molecular formula is C23H36N6O4S. The van der Waals surface area contributed by atoms with E-state index in [0.29, 0.717) is 62.0 Å². The number of allylic oxidation sites excluding steroid dienone is 1. The molecule has 2 heterocycles. The Hall–Kier alpha value is -2.63. The van der Waals surface area contributed by atoms with Crippen molar-refractivity contribution >= 4 is 21.8 Å². The topological polar surface area (TPSA) is 107 Å². The summed E-state index contributed by atoms with van der Waals surface area (Å²) in [5, 5.41) is 12.3.